The van der Waals surface area contributed by atoms with Crippen molar-refractivity contribution in [3.05, 3.63) is 29.0 Å². The monoisotopic (exact) mass is 256 g/mol. The summed E-state index contributed by atoms with van der Waals surface area (Å²) in [6.45, 7) is 5.45. The van der Waals surface area contributed by atoms with Gasteiger partial charge in [-0.2, -0.15) is 0 Å². The minimum atomic E-state index is -0.268. The molecule has 0 bridgehead atoms. The van der Waals surface area contributed by atoms with E-state index in [4.69, 9.17) is 11.6 Å². The highest BCUT2D eigenvalue weighted by molar-refractivity contribution is 6.30. The van der Waals surface area contributed by atoms with Crippen molar-refractivity contribution in [2.24, 2.45) is 0 Å². The number of rotatable bonds is 3. The lowest BCUT2D eigenvalue weighted by Crippen LogP contribution is -2.38. The first kappa shape index (κ1) is 12.7. The molecule has 2 rings (SSSR count). The van der Waals surface area contributed by atoms with Crippen LogP contribution in [0.5, 0.6) is 0 Å². The molecule has 1 aromatic rings. The highest BCUT2D eigenvalue weighted by Crippen LogP contribution is 2.22. The number of halogens is 2. The second-order valence-electron chi connectivity index (χ2n) is 4.48. The Morgan fingerprint density at radius 3 is 2.71 bits per heavy atom. The van der Waals surface area contributed by atoms with Gasteiger partial charge in [-0.1, -0.05) is 18.5 Å². The van der Waals surface area contributed by atoms with Crippen molar-refractivity contribution in [1.82, 2.24) is 4.90 Å². The summed E-state index contributed by atoms with van der Waals surface area (Å²) in [7, 11) is 0. The third-order valence-electron chi connectivity index (χ3n) is 3.33. The van der Waals surface area contributed by atoms with Crippen LogP contribution in [0, 0.1) is 5.82 Å². The highest BCUT2D eigenvalue weighted by Gasteiger charge is 2.18. The van der Waals surface area contributed by atoms with Crippen LogP contribution in [0.15, 0.2) is 18.2 Å². The second kappa shape index (κ2) is 5.69. The molecular formula is C13H18ClFN2. The molecule has 0 aliphatic carbocycles. The van der Waals surface area contributed by atoms with E-state index in [1.165, 1.54) is 6.07 Å². The van der Waals surface area contributed by atoms with E-state index in [9.17, 15) is 4.39 Å². The minimum Gasteiger partial charge on any atom is -0.380 e. The van der Waals surface area contributed by atoms with E-state index < -0.39 is 0 Å². The van der Waals surface area contributed by atoms with Crippen LogP contribution in [0.2, 0.25) is 5.02 Å². The van der Waals surface area contributed by atoms with Gasteiger partial charge in [-0.25, -0.2) is 4.39 Å². The molecule has 1 heterocycles. The first-order chi connectivity index (χ1) is 8.19. The first-order valence-electron chi connectivity index (χ1n) is 6.13. The molecule has 1 aliphatic rings. The summed E-state index contributed by atoms with van der Waals surface area (Å²) >= 11 is 5.72. The van der Waals surface area contributed by atoms with Crippen LogP contribution in [-0.2, 0) is 0 Å². The molecule has 0 atom stereocenters. The van der Waals surface area contributed by atoms with Gasteiger partial charge in [0.15, 0.2) is 0 Å². The van der Waals surface area contributed by atoms with Gasteiger partial charge in [0, 0.05) is 24.2 Å². The van der Waals surface area contributed by atoms with Crippen molar-refractivity contribution in [3.63, 3.8) is 0 Å². The molecule has 1 saturated heterocycles. The number of likely N-dealkylation sites (tertiary alicyclic amines) is 1. The average molecular weight is 257 g/mol. The SMILES string of the molecule is CCN1CCC(Nc2ccc(Cl)cc2F)CC1. The second-order valence-corrected chi connectivity index (χ2v) is 4.91. The van der Waals surface area contributed by atoms with Crippen molar-refractivity contribution in [2.75, 3.05) is 25.0 Å². The van der Waals surface area contributed by atoms with E-state index >= 15 is 0 Å². The van der Waals surface area contributed by atoms with Crippen molar-refractivity contribution in [2.45, 2.75) is 25.8 Å². The van der Waals surface area contributed by atoms with Gasteiger partial charge in [0.1, 0.15) is 5.82 Å². The molecule has 1 N–H and O–H groups in total. The molecule has 0 saturated carbocycles. The number of anilines is 1. The molecule has 0 amide bonds. The van der Waals surface area contributed by atoms with Gasteiger partial charge in [-0.3, -0.25) is 0 Å². The lowest BCUT2D eigenvalue weighted by atomic mass is 10.0. The van der Waals surface area contributed by atoms with Crippen LogP contribution in [0.1, 0.15) is 19.8 Å². The largest absolute Gasteiger partial charge is 0.380 e. The van der Waals surface area contributed by atoms with Gasteiger partial charge in [-0.15, -0.1) is 0 Å². The summed E-state index contributed by atoms with van der Waals surface area (Å²) in [6.07, 6.45) is 2.13. The van der Waals surface area contributed by atoms with Gasteiger partial charge >= 0.3 is 0 Å². The number of nitrogens with one attached hydrogen (secondary N) is 1. The van der Waals surface area contributed by atoms with E-state index in [-0.39, 0.29) is 5.82 Å². The molecule has 17 heavy (non-hydrogen) atoms. The summed E-state index contributed by atoms with van der Waals surface area (Å²) in [4.78, 5) is 2.41. The summed E-state index contributed by atoms with van der Waals surface area (Å²) < 4.78 is 13.6. The Hall–Kier alpha value is -0.800. The normalized spacial score (nSPS) is 18.3. The fourth-order valence-corrected chi connectivity index (χ4v) is 2.38. The predicted molar refractivity (Wildman–Crippen MR) is 70.2 cm³/mol. The van der Waals surface area contributed by atoms with Crippen LogP contribution < -0.4 is 5.32 Å². The standard InChI is InChI=1S/C13H18ClFN2/c1-2-17-7-5-11(6-8-17)16-13-4-3-10(14)9-12(13)15/h3-4,9,11,16H,2,5-8H2,1H3. The van der Waals surface area contributed by atoms with E-state index in [0.29, 0.717) is 16.8 Å². The van der Waals surface area contributed by atoms with Crippen LogP contribution in [0.25, 0.3) is 0 Å². The van der Waals surface area contributed by atoms with E-state index in [1.54, 1.807) is 12.1 Å². The topological polar surface area (TPSA) is 15.3 Å². The molecule has 94 valence electrons. The molecule has 1 aliphatic heterocycles. The molecule has 0 aromatic heterocycles. The van der Waals surface area contributed by atoms with Crippen LogP contribution in [0.3, 0.4) is 0 Å². The van der Waals surface area contributed by atoms with Crippen molar-refractivity contribution >= 4 is 17.3 Å². The molecule has 0 spiro atoms. The predicted octanol–water partition coefficient (Wildman–Crippen LogP) is 3.38. The Kier molecular flexibility index (Phi) is 4.24. The van der Waals surface area contributed by atoms with Gasteiger partial charge in [0.2, 0.25) is 0 Å². The lowest BCUT2D eigenvalue weighted by molar-refractivity contribution is 0.229. The quantitative estimate of drug-likeness (QED) is 0.892. The number of benzene rings is 1. The number of hydrogen-bond acceptors (Lipinski definition) is 2. The van der Waals surface area contributed by atoms with Crippen LogP contribution in [0.4, 0.5) is 10.1 Å². The summed E-state index contributed by atoms with van der Waals surface area (Å²) in [6, 6.07) is 5.15. The minimum absolute atomic E-state index is 0.268. The van der Waals surface area contributed by atoms with Gasteiger partial charge in [-0.05, 0) is 37.6 Å². The van der Waals surface area contributed by atoms with E-state index in [1.807, 2.05) is 0 Å². The molecule has 2 nitrogen and oxygen atoms in total. The summed E-state index contributed by atoms with van der Waals surface area (Å²) in [5, 5.41) is 3.70. The van der Waals surface area contributed by atoms with E-state index in [2.05, 4.69) is 17.1 Å². The number of piperidine rings is 1. The Morgan fingerprint density at radius 1 is 1.41 bits per heavy atom. The van der Waals surface area contributed by atoms with Crippen molar-refractivity contribution < 1.29 is 4.39 Å². The Morgan fingerprint density at radius 2 is 2.12 bits per heavy atom. The maximum atomic E-state index is 13.6. The Balaban J connectivity index is 1.93. The smallest absolute Gasteiger partial charge is 0.147 e. The maximum absolute atomic E-state index is 13.6. The zero-order valence-electron chi connectivity index (χ0n) is 10.0. The fraction of sp³-hybridized carbons (Fsp3) is 0.538. The average Bonchev–Trinajstić information content (AvgIpc) is 2.34. The van der Waals surface area contributed by atoms with Crippen LogP contribution >= 0.6 is 11.6 Å². The Labute approximate surface area is 107 Å². The zero-order chi connectivity index (χ0) is 12.3. The lowest BCUT2D eigenvalue weighted by Gasteiger charge is -2.32. The third-order valence-corrected chi connectivity index (χ3v) is 3.56. The van der Waals surface area contributed by atoms with Gasteiger partial charge < -0.3 is 10.2 Å². The molecule has 4 heteroatoms. The van der Waals surface area contributed by atoms with Crippen molar-refractivity contribution in [3.8, 4) is 0 Å². The molecule has 0 radical (unpaired) electrons. The first-order valence-corrected chi connectivity index (χ1v) is 6.50. The molecule has 1 aromatic carbocycles. The summed E-state index contributed by atoms with van der Waals surface area (Å²) in [5.74, 6) is -0.268. The fourth-order valence-electron chi connectivity index (χ4n) is 2.22. The molecule has 0 unspecified atom stereocenters. The zero-order valence-corrected chi connectivity index (χ0v) is 10.8. The third kappa shape index (κ3) is 3.33. The Bertz CT molecular complexity index is 376. The summed E-state index contributed by atoms with van der Waals surface area (Å²) in [5.41, 5.74) is 0.560. The van der Waals surface area contributed by atoms with Crippen LogP contribution in [-0.4, -0.2) is 30.6 Å². The molecule has 1 fully saturated rings. The van der Waals surface area contributed by atoms with Crippen molar-refractivity contribution in [1.29, 1.82) is 0 Å². The van der Waals surface area contributed by atoms with Gasteiger partial charge in [0.05, 0.1) is 5.69 Å². The number of hydrogen-bond donors (Lipinski definition) is 1. The highest BCUT2D eigenvalue weighted by atomic mass is 35.5. The number of nitrogens with zero attached hydrogens (tertiary/aromatic N) is 1. The van der Waals surface area contributed by atoms with Gasteiger partial charge in [0.25, 0.3) is 0 Å². The maximum Gasteiger partial charge on any atom is 0.147 e. The molecular weight excluding hydrogens is 239 g/mol. The van der Waals surface area contributed by atoms with E-state index in [0.717, 1.165) is 32.5 Å².